The highest BCUT2D eigenvalue weighted by atomic mass is 32.1. The number of rotatable bonds is 6. The molecular formula is C21H28N4OS. The molecule has 2 aliphatic heterocycles. The molecular weight excluding hydrogens is 356 g/mol. The molecule has 144 valence electrons. The normalized spacial score (nSPS) is 19.7. The number of benzene rings is 1. The summed E-state index contributed by atoms with van der Waals surface area (Å²) in [6, 6.07) is 12.7. The molecule has 1 aromatic carbocycles. The van der Waals surface area contributed by atoms with E-state index in [-0.39, 0.29) is 6.03 Å². The number of fused-ring (bicyclic) bond motifs is 1. The van der Waals surface area contributed by atoms with Gasteiger partial charge >= 0.3 is 6.03 Å². The number of nitrogens with one attached hydrogen (secondary N) is 2. The lowest BCUT2D eigenvalue weighted by Gasteiger charge is -2.26. The number of anilines is 1. The summed E-state index contributed by atoms with van der Waals surface area (Å²) in [6.07, 6.45) is 2.27. The van der Waals surface area contributed by atoms with Crippen molar-refractivity contribution in [2.75, 3.05) is 44.2 Å². The average Bonchev–Trinajstić information content (AvgIpc) is 3.36. The zero-order chi connectivity index (χ0) is 18.5. The van der Waals surface area contributed by atoms with Crippen LogP contribution < -0.4 is 15.5 Å². The molecule has 5 nitrogen and oxygen atoms in total. The van der Waals surface area contributed by atoms with Crippen LogP contribution in [0.5, 0.6) is 0 Å². The number of carbonyl (C=O) groups excluding carboxylic acids is 1. The van der Waals surface area contributed by atoms with E-state index in [1.165, 1.54) is 16.1 Å². The molecule has 3 heterocycles. The first-order valence-corrected chi connectivity index (χ1v) is 10.7. The van der Waals surface area contributed by atoms with E-state index in [4.69, 9.17) is 0 Å². The van der Waals surface area contributed by atoms with Gasteiger partial charge in [-0.1, -0.05) is 18.2 Å². The van der Waals surface area contributed by atoms with Crippen molar-refractivity contribution < 1.29 is 4.79 Å². The molecule has 0 unspecified atom stereocenters. The monoisotopic (exact) mass is 384 g/mol. The van der Waals surface area contributed by atoms with Gasteiger partial charge in [0.2, 0.25) is 0 Å². The van der Waals surface area contributed by atoms with Gasteiger partial charge in [0, 0.05) is 56.4 Å². The SMILES string of the molecule is O=C(NCCN1CCc2sccc2C1)NC[C@@H]1CCN(c2ccccc2)C1. The Morgan fingerprint density at radius 3 is 2.93 bits per heavy atom. The molecule has 2 N–H and O–H groups in total. The van der Waals surface area contributed by atoms with E-state index >= 15 is 0 Å². The summed E-state index contributed by atoms with van der Waals surface area (Å²) < 4.78 is 0. The first-order valence-electron chi connectivity index (χ1n) is 9.87. The lowest BCUT2D eigenvalue weighted by Crippen LogP contribution is -2.43. The Morgan fingerprint density at radius 1 is 1.15 bits per heavy atom. The molecule has 0 bridgehead atoms. The van der Waals surface area contributed by atoms with Crippen molar-refractivity contribution in [1.82, 2.24) is 15.5 Å². The predicted molar refractivity (Wildman–Crippen MR) is 111 cm³/mol. The van der Waals surface area contributed by atoms with Crippen LogP contribution in [0.15, 0.2) is 41.8 Å². The Balaban J connectivity index is 1.12. The first kappa shape index (κ1) is 18.3. The van der Waals surface area contributed by atoms with E-state index in [0.717, 1.165) is 52.1 Å². The number of para-hydroxylation sites is 1. The van der Waals surface area contributed by atoms with Gasteiger partial charge in [0.15, 0.2) is 0 Å². The van der Waals surface area contributed by atoms with Crippen LogP contribution in [0.3, 0.4) is 0 Å². The molecule has 0 aliphatic carbocycles. The lowest BCUT2D eigenvalue weighted by atomic mass is 10.1. The van der Waals surface area contributed by atoms with Crippen LogP contribution >= 0.6 is 11.3 Å². The molecule has 4 rings (SSSR count). The number of carbonyl (C=O) groups is 1. The Morgan fingerprint density at radius 2 is 2.04 bits per heavy atom. The number of thiophene rings is 1. The largest absolute Gasteiger partial charge is 0.371 e. The summed E-state index contributed by atoms with van der Waals surface area (Å²) in [5.74, 6) is 0.523. The summed E-state index contributed by atoms with van der Waals surface area (Å²) in [7, 11) is 0. The molecule has 27 heavy (non-hydrogen) atoms. The molecule has 1 fully saturated rings. The van der Waals surface area contributed by atoms with E-state index < -0.39 is 0 Å². The van der Waals surface area contributed by atoms with Crippen molar-refractivity contribution in [3.05, 3.63) is 52.2 Å². The van der Waals surface area contributed by atoms with Crippen LogP contribution in [0, 0.1) is 5.92 Å². The van der Waals surface area contributed by atoms with E-state index in [0.29, 0.717) is 12.5 Å². The van der Waals surface area contributed by atoms with Crippen LogP contribution in [-0.2, 0) is 13.0 Å². The smallest absolute Gasteiger partial charge is 0.314 e. The second kappa shape index (κ2) is 8.76. The van der Waals surface area contributed by atoms with Gasteiger partial charge in [-0.3, -0.25) is 4.90 Å². The minimum Gasteiger partial charge on any atom is -0.371 e. The van der Waals surface area contributed by atoms with Gasteiger partial charge < -0.3 is 15.5 Å². The molecule has 1 saturated heterocycles. The Hall–Kier alpha value is -2.05. The van der Waals surface area contributed by atoms with Crippen molar-refractivity contribution in [2.24, 2.45) is 5.92 Å². The summed E-state index contributed by atoms with van der Waals surface area (Å²) in [6.45, 7) is 6.55. The van der Waals surface area contributed by atoms with Crippen molar-refractivity contribution in [3.8, 4) is 0 Å². The van der Waals surface area contributed by atoms with Gasteiger partial charge in [-0.2, -0.15) is 0 Å². The second-order valence-corrected chi connectivity index (χ2v) is 8.47. The molecule has 0 radical (unpaired) electrons. The zero-order valence-corrected chi connectivity index (χ0v) is 16.5. The minimum atomic E-state index is -0.0404. The molecule has 6 heteroatoms. The summed E-state index contributed by atoms with van der Waals surface area (Å²) in [5.41, 5.74) is 2.74. The van der Waals surface area contributed by atoms with E-state index in [1.54, 1.807) is 0 Å². The Bertz CT molecular complexity index is 748. The van der Waals surface area contributed by atoms with E-state index in [9.17, 15) is 4.79 Å². The van der Waals surface area contributed by atoms with Gasteiger partial charge in [-0.05, 0) is 47.9 Å². The number of urea groups is 1. The third-order valence-electron chi connectivity index (χ3n) is 5.56. The van der Waals surface area contributed by atoms with Gasteiger partial charge in [-0.15, -0.1) is 11.3 Å². The molecule has 2 aliphatic rings. The van der Waals surface area contributed by atoms with Crippen LogP contribution in [0.4, 0.5) is 10.5 Å². The van der Waals surface area contributed by atoms with Gasteiger partial charge in [0.1, 0.15) is 0 Å². The second-order valence-electron chi connectivity index (χ2n) is 7.47. The quantitative estimate of drug-likeness (QED) is 0.805. The molecule has 1 aromatic heterocycles. The zero-order valence-electron chi connectivity index (χ0n) is 15.7. The fourth-order valence-electron chi connectivity index (χ4n) is 4.00. The van der Waals surface area contributed by atoms with Crippen LogP contribution in [0.25, 0.3) is 0 Å². The molecule has 1 atom stereocenters. The summed E-state index contributed by atoms with van der Waals surface area (Å²) >= 11 is 1.86. The Labute approximate surface area is 165 Å². The van der Waals surface area contributed by atoms with Crippen LogP contribution in [-0.4, -0.2) is 50.2 Å². The third-order valence-corrected chi connectivity index (χ3v) is 6.58. The highest BCUT2D eigenvalue weighted by Gasteiger charge is 2.23. The maximum atomic E-state index is 12.1. The predicted octanol–water partition coefficient (Wildman–Crippen LogP) is 2.93. The number of nitrogens with zero attached hydrogens (tertiary/aromatic N) is 2. The fraction of sp³-hybridized carbons (Fsp3) is 0.476. The van der Waals surface area contributed by atoms with Crippen molar-refractivity contribution in [2.45, 2.75) is 19.4 Å². The molecule has 2 aromatic rings. The third kappa shape index (κ3) is 4.82. The van der Waals surface area contributed by atoms with Crippen molar-refractivity contribution in [1.29, 1.82) is 0 Å². The lowest BCUT2D eigenvalue weighted by molar-refractivity contribution is 0.230. The van der Waals surface area contributed by atoms with E-state index in [1.807, 2.05) is 17.4 Å². The molecule has 2 amide bonds. The van der Waals surface area contributed by atoms with E-state index in [2.05, 4.69) is 56.1 Å². The van der Waals surface area contributed by atoms with Crippen molar-refractivity contribution in [3.63, 3.8) is 0 Å². The van der Waals surface area contributed by atoms with Gasteiger partial charge in [0.25, 0.3) is 0 Å². The van der Waals surface area contributed by atoms with Crippen molar-refractivity contribution >= 4 is 23.1 Å². The topological polar surface area (TPSA) is 47.6 Å². The highest BCUT2D eigenvalue weighted by molar-refractivity contribution is 7.10. The maximum Gasteiger partial charge on any atom is 0.314 e. The minimum absolute atomic E-state index is 0.0404. The number of hydrogen-bond donors (Lipinski definition) is 2. The standard InChI is InChI=1S/C21H28N4OS/c26-21(22-9-12-24-10-7-20-18(16-24)8-13-27-20)23-14-17-6-11-25(15-17)19-4-2-1-3-5-19/h1-5,8,13,17H,6-7,9-12,14-16H2,(H2,22,23,26)/t17-/m0/s1. The first-order chi connectivity index (χ1) is 13.3. The molecule has 0 saturated carbocycles. The summed E-state index contributed by atoms with van der Waals surface area (Å²) in [5, 5.41) is 8.25. The highest BCUT2D eigenvalue weighted by Crippen LogP contribution is 2.24. The molecule has 0 spiro atoms. The summed E-state index contributed by atoms with van der Waals surface area (Å²) in [4.78, 5) is 18.4. The fourth-order valence-corrected chi connectivity index (χ4v) is 4.89. The van der Waals surface area contributed by atoms with Crippen LogP contribution in [0.2, 0.25) is 0 Å². The number of hydrogen-bond acceptors (Lipinski definition) is 4. The Kier molecular flexibility index (Phi) is 5.94. The van der Waals surface area contributed by atoms with Gasteiger partial charge in [0.05, 0.1) is 0 Å². The number of amides is 2. The average molecular weight is 385 g/mol. The van der Waals surface area contributed by atoms with Crippen LogP contribution in [0.1, 0.15) is 16.9 Å². The maximum absolute atomic E-state index is 12.1. The van der Waals surface area contributed by atoms with Gasteiger partial charge in [-0.25, -0.2) is 4.79 Å².